The molecule has 3 rings (SSSR count). The van der Waals surface area contributed by atoms with Crippen molar-refractivity contribution < 1.29 is 19.1 Å². The number of carbonyl (C=O) groups excluding carboxylic acids is 2. The van der Waals surface area contributed by atoms with Crippen molar-refractivity contribution in [1.29, 1.82) is 0 Å². The Morgan fingerprint density at radius 2 is 1.81 bits per heavy atom. The van der Waals surface area contributed by atoms with Crippen molar-refractivity contribution in [2.45, 2.75) is 46.4 Å². The van der Waals surface area contributed by atoms with Crippen molar-refractivity contribution in [1.82, 2.24) is 10.6 Å². The summed E-state index contributed by atoms with van der Waals surface area (Å²) >= 11 is 6.48. The summed E-state index contributed by atoms with van der Waals surface area (Å²) in [5, 5.41) is 5.97. The van der Waals surface area contributed by atoms with Crippen LogP contribution in [0, 0.1) is 5.92 Å². The summed E-state index contributed by atoms with van der Waals surface area (Å²) in [5.41, 5.74) is 2.61. The van der Waals surface area contributed by atoms with E-state index in [1.807, 2.05) is 44.2 Å². The van der Waals surface area contributed by atoms with E-state index < -0.39 is 12.0 Å². The average Bonchev–Trinajstić information content (AvgIpc) is 2.72. The lowest BCUT2D eigenvalue weighted by Gasteiger charge is -2.31. The molecule has 1 unspecified atom stereocenters. The van der Waals surface area contributed by atoms with Gasteiger partial charge in [-0.3, -0.25) is 0 Å². The Morgan fingerprint density at radius 1 is 1.10 bits per heavy atom. The molecule has 0 aromatic heterocycles. The number of rotatable bonds is 7. The van der Waals surface area contributed by atoms with Gasteiger partial charge in [-0.15, -0.1) is 0 Å². The van der Waals surface area contributed by atoms with E-state index in [0.717, 1.165) is 5.56 Å². The minimum absolute atomic E-state index is 0.0767. The Morgan fingerprint density at radius 3 is 2.42 bits per heavy atom. The molecule has 31 heavy (non-hydrogen) atoms. The second-order valence-electron chi connectivity index (χ2n) is 7.93. The van der Waals surface area contributed by atoms with E-state index in [2.05, 4.69) is 10.6 Å². The predicted molar refractivity (Wildman–Crippen MR) is 120 cm³/mol. The highest BCUT2D eigenvalue weighted by molar-refractivity contribution is 6.32. The maximum absolute atomic E-state index is 12.9. The van der Waals surface area contributed by atoms with E-state index in [1.54, 1.807) is 32.0 Å². The van der Waals surface area contributed by atoms with Crippen LogP contribution in [0.3, 0.4) is 0 Å². The highest BCUT2D eigenvalue weighted by Crippen LogP contribution is 2.35. The molecule has 0 bridgehead atoms. The molecular weight excluding hydrogens is 416 g/mol. The summed E-state index contributed by atoms with van der Waals surface area (Å²) < 4.78 is 11.3. The molecule has 0 fully saturated rings. The standard InChI is InChI=1S/C24H27ClN2O4/c1-14(2)21-20(23(28)31-15(3)4)22(27-24(29)26-21)17-10-11-19(18(25)12-17)30-13-16-8-6-5-7-9-16/h5-12,14-15,22H,13H2,1-4H3,(H2,26,27,29). The van der Waals surface area contributed by atoms with Crippen LogP contribution in [0.15, 0.2) is 59.8 Å². The van der Waals surface area contributed by atoms with E-state index in [4.69, 9.17) is 21.1 Å². The minimum Gasteiger partial charge on any atom is -0.487 e. The fraction of sp³-hybridized carbons (Fsp3) is 0.333. The molecule has 2 amide bonds. The number of halogens is 1. The first-order valence-corrected chi connectivity index (χ1v) is 10.6. The molecule has 0 saturated carbocycles. The lowest BCUT2D eigenvalue weighted by molar-refractivity contribution is -0.143. The van der Waals surface area contributed by atoms with Crippen molar-refractivity contribution in [3.63, 3.8) is 0 Å². The third-order valence-corrected chi connectivity index (χ3v) is 5.06. The lowest BCUT2D eigenvalue weighted by atomic mass is 9.91. The Hall–Kier alpha value is -2.99. The molecule has 1 atom stereocenters. The topological polar surface area (TPSA) is 76.7 Å². The normalized spacial score (nSPS) is 16.2. The van der Waals surface area contributed by atoms with Gasteiger partial charge >= 0.3 is 12.0 Å². The Labute approximate surface area is 187 Å². The first-order chi connectivity index (χ1) is 14.8. The molecule has 1 heterocycles. The van der Waals surface area contributed by atoms with Crippen molar-refractivity contribution in [2.75, 3.05) is 0 Å². The third kappa shape index (κ3) is 5.58. The number of allylic oxidation sites excluding steroid dienone is 1. The fourth-order valence-corrected chi connectivity index (χ4v) is 3.59. The monoisotopic (exact) mass is 442 g/mol. The quantitative estimate of drug-likeness (QED) is 0.582. The lowest BCUT2D eigenvalue weighted by Crippen LogP contribution is -2.47. The Bertz CT molecular complexity index is 986. The molecular formula is C24H27ClN2O4. The number of hydrogen-bond acceptors (Lipinski definition) is 4. The van der Waals surface area contributed by atoms with Crippen molar-refractivity contribution in [2.24, 2.45) is 5.92 Å². The van der Waals surface area contributed by atoms with Gasteiger partial charge in [0.05, 0.1) is 22.7 Å². The molecule has 2 N–H and O–H groups in total. The Kier molecular flexibility index (Phi) is 7.23. The molecule has 164 valence electrons. The zero-order valence-corrected chi connectivity index (χ0v) is 18.8. The number of hydrogen-bond donors (Lipinski definition) is 2. The van der Waals surface area contributed by atoms with Crippen molar-refractivity contribution in [3.8, 4) is 5.75 Å². The van der Waals surface area contributed by atoms with Crippen LogP contribution in [0.4, 0.5) is 4.79 Å². The summed E-state index contributed by atoms with van der Waals surface area (Å²) in [7, 11) is 0. The molecule has 6 nitrogen and oxygen atoms in total. The zero-order chi connectivity index (χ0) is 22.5. The maximum Gasteiger partial charge on any atom is 0.338 e. The number of ether oxygens (including phenoxy) is 2. The molecule has 0 radical (unpaired) electrons. The average molecular weight is 443 g/mol. The first-order valence-electron chi connectivity index (χ1n) is 10.2. The van der Waals surface area contributed by atoms with Crippen LogP contribution in [-0.2, 0) is 16.1 Å². The van der Waals surface area contributed by atoms with Crippen molar-refractivity contribution in [3.05, 3.63) is 76.0 Å². The number of urea groups is 1. The Balaban J connectivity index is 1.91. The summed E-state index contributed by atoms with van der Waals surface area (Å²) in [6.45, 7) is 7.77. The third-order valence-electron chi connectivity index (χ3n) is 4.77. The van der Waals surface area contributed by atoms with Gasteiger partial charge in [-0.1, -0.05) is 61.8 Å². The first kappa shape index (κ1) is 22.7. The van der Waals surface area contributed by atoms with E-state index >= 15 is 0 Å². The molecule has 1 aliphatic rings. The van der Waals surface area contributed by atoms with Crippen LogP contribution >= 0.6 is 11.6 Å². The number of esters is 1. The molecule has 0 spiro atoms. The summed E-state index contributed by atoms with van der Waals surface area (Å²) in [6, 6.07) is 14.0. The van der Waals surface area contributed by atoms with Gasteiger partial charge in [-0.05, 0) is 43.0 Å². The second-order valence-corrected chi connectivity index (χ2v) is 8.34. The highest BCUT2D eigenvalue weighted by atomic mass is 35.5. The molecule has 2 aromatic rings. The van der Waals surface area contributed by atoms with E-state index in [0.29, 0.717) is 34.2 Å². The van der Waals surface area contributed by atoms with Gasteiger partial charge in [0.25, 0.3) is 0 Å². The van der Waals surface area contributed by atoms with Gasteiger partial charge in [0.2, 0.25) is 0 Å². The molecule has 2 aromatic carbocycles. The smallest absolute Gasteiger partial charge is 0.338 e. The number of benzene rings is 2. The minimum atomic E-state index is -0.682. The summed E-state index contributed by atoms with van der Waals surface area (Å²) in [4.78, 5) is 25.2. The fourth-order valence-electron chi connectivity index (χ4n) is 3.34. The SMILES string of the molecule is CC(C)OC(=O)C1=C(C(C)C)NC(=O)NC1c1ccc(OCc2ccccc2)c(Cl)c1. The number of amides is 2. The van der Waals surface area contributed by atoms with Gasteiger partial charge < -0.3 is 20.1 Å². The molecule has 1 aliphatic heterocycles. The van der Waals surface area contributed by atoms with Crippen LogP contribution in [0.25, 0.3) is 0 Å². The van der Waals surface area contributed by atoms with Crippen LogP contribution in [-0.4, -0.2) is 18.1 Å². The molecule has 7 heteroatoms. The van der Waals surface area contributed by atoms with E-state index in [-0.39, 0.29) is 18.1 Å². The van der Waals surface area contributed by atoms with Crippen molar-refractivity contribution >= 4 is 23.6 Å². The highest BCUT2D eigenvalue weighted by Gasteiger charge is 2.35. The number of carbonyl (C=O) groups is 2. The van der Waals surface area contributed by atoms with Gasteiger partial charge in [0.1, 0.15) is 12.4 Å². The van der Waals surface area contributed by atoms with Gasteiger partial charge in [-0.2, -0.15) is 0 Å². The van der Waals surface area contributed by atoms with Gasteiger partial charge in [0.15, 0.2) is 0 Å². The van der Waals surface area contributed by atoms with Gasteiger partial charge in [0, 0.05) is 5.70 Å². The van der Waals surface area contributed by atoms with E-state index in [9.17, 15) is 9.59 Å². The van der Waals surface area contributed by atoms with Crippen LogP contribution in [0.5, 0.6) is 5.75 Å². The molecule has 0 saturated heterocycles. The van der Waals surface area contributed by atoms with E-state index in [1.165, 1.54) is 0 Å². The maximum atomic E-state index is 12.9. The number of nitrogens with one attached hydrogen (secondary N) is 2. The summed E-state index contributed by atoms with van der Waals surface area (Å²) in [6.07, 6.45) is -0.288. The predicted octanol–water partition coefficient (Wildman–Crippen LogP) is 5.13. The largest absolute Gasteiger partial charge is 0.487 e. The van der Waals surface area contributed by atoms with Crippen LogP contribution < -0.4 is 15.4 Å². The molecule has 0 aliphatic carbocycles. The zero-order valence-electron chi connectivity index (χ0n) is 18.1. The second kappa shape index (κ2) is 9.88. The summed E-state index contributed by atoms with van der Waals surface area (Å²) in [5.74, 6) is -0.0298. The van der Waals surface area contributed by atoms with Gasteiger partial charge in [-0.25, -0.2) is 9.59 Å². The van der Waals surface area contributed by atoms with Crippen LogP contribution in [0.2, 0.25) is 5.02 Å². The van der Waals surface area contributed by atoms with Crippen LogP contribution in [0.1, 0.15) is 44.9 Å².